The van der Waals surface area contributed by atoms with Gasteiger partial charge in [0.25, 0.3) is 5.91 Å². The number of carbonyl (C=O) groups excluding carboxylic acids is 2. The van der Waals surface area contributed by atoms with Gasteiger partial charge in [-0.15, -0.1) is 11.3 Å². The number of ether oxygens (including phenoxy) is 1. The quantitative estimate of drug-likeness (QED) is 0.832. The van der Waals surface area contributed by atoms with E-state index in [-0.39, 0.29) is 5.91 Å². The summed E-state index contributed by atoms with van der Waals surface area (Å²) in [7, 11) is 0. The number of amides is 2. The van der Waals surface area contributed by atoms with Crippen molar-refractivity contribution in [2.24, 2.45) is 5.92 Å². The van der Waals surface area contributed by atoms with Crippen LogP contribution in [0.1, 0.15) is 43.3 Å². The van der Waals surface area contributed by atoms with Crippen LogP contribution in [-0.2, 0) is 4.74 Å². The molecule has 0 unspecified atom stereocenters. The number of imide groups is 1. The SMILES string of the molecule is CC(C)(C)OC(=O)N(CC1CCNCC1)C(=O)c1ccc(Br)s1. The Hall–Kier alpha value is -0.920. The summed E-state index contributed by atoms with van der Waals surface area (Å²) < 4.78 is 6.30. The largest absolute Gasteiger partial charge is 0.443 e. The Kier molecular flexibility index (Phi) is 6.22. The maximum absolute atomic E-state index is 12.8. The molecule has 0 spiro atoms. The molecule has 0 radical (unpaired) electrons. The van der Waals surface area contributed by atoms with Crippen LogP contribution < -0.4 is 5.32 Å². The second-order valence-electron chi connectivity index (χ2n) is 6.69. The van der Waals surface area contributed by atoms with Crippen LogP contribution in [0.3, 0.4) is 0 Å². The molecular weight excluding hydrogens is 380 g/mol. The molecule has 1 N–H and O–H groups in total. The van der Waals surface area contributed by atoms with Crippen molar-refractivity contribution >= 4 is 39.3 Å². The average Bonchev–Trinajstić information content (AvgIpc) is 2.90. The molecule has 0 saturated carbocycles. The van der Waals surface area contributed by atoms with Crippen molar-refractivity contribution < 1.29 is 14.3 Å². The Morgan fingerprint density at radius 1 is 1.35 bits per heavy atom. The maximum Gasteiger partial charge on any atom is 0.417 e. The number of hydrogen-bond acceptors (Lipinski definition) is 5. The van der Waals surface area contributed by atoms with E-state index in [9.17, 15) is 9.59 Å². The van der Waals surface area contributed by atoms with Crippen LogP contribution in [0, 0.1) is 5.92 Å². The van der Waals surface area contributed by atoms with Gasteiger partial charge in [0.2, 0.25) is 0 Å². The summed E-state index contributed by atoms with van der Waals surface area (Å²) in [5.74, 6) is 0.0320. The number of hydrogen-bond donors (Lipinski definition) is 1. The van der Waals surface area contributed by atoms with E-state index in [1.165, 1.54) is 16.2 Å². The minimum atomic E-state index is -0.625. The molecule has 2 heterocycles. The van der Waals surface area contributed by atoms with E-state index in [0.717, 1.165) is 29.7 Å². The molecule has 1 aromatic rings. The Labute approximate surface area is 149 Å². The first-order valence-electron chi connectivity index (χ1n) is 7.77. The molecular formula is C16H23BrN2O3S. The Morgan fingerprint density at radius 2 is 2.00 bits per heavy atom. The molecule has 5 nitrogen and oxygen atoms in total. The third-order valence-electron chi connectivity index (χ3n) is 3.54. The standard InChI is InChI=1S/C16H23BrN2O3S/c1-16(2,3)22-15(21)19(10-11-6-8-18-9-7-11)14(20)12-4-5-13(17)23-12/h4-5,11,18H,6-10H2,1-3H3. The fourth-order valence-electron chi connectivity index (χ4n) is 2.44. The number of nitrogens with one attached hydrogen (secondary N) is 1. The molecule has 1 aliphatic rings. The molecule has 0 aromatic carbocycles. The molecule has 0 bridgehead atoms. The summed E-state index contributed by atoms with van der Waals surface area (Å²) in [6, 6.07) is 3.55. The zero-order valence-electron chi connectivity index (χ0n) is 13.7. The van der Waals surface area contributed by atoms with Gasteiger partial charge >= 0.3 is 6.09 Å². The molecule has 1 fully saturated rings. The van der Waals surface area contributed by atoms with Gasteiger partial charge in [-0.05, 0) is 80.7 Å². The molecule has 1 aliphatic heterocycles. The van der Waals surface area contributed by atoms with E-state index in [2.05, 4.69) is 21.2 Å². The first-order valence-corrected chi connectivity index (χ1v) is 9.38. The highest BCUT2D eigenvalue weighted by Crippen LogP contribution is 2.25. The second kappa shape index (κ2) is 7.77. The lowest BCUT2D eigenvalue weighted by Crippen LogP contribution is -2.44. The molecule has 1 aromatic heterocycles. The smallest absolute Gasteiger partial charge is 0.417 e. The molecule has 7 heteroatoms. The van der Waals surface area contributed by atoms with Crippen LogP contribution in [0.2, 0.25) is 0 Å². The van der Waals surface area contributed by atoms with E-state index in [4.69, 9.17) is 4.74 Å². The van der Waals surface area contributed by atoms with Crippen molar-refractivity contribution in [3.63, 3.8) is 0 Å². The Bertz CT molecular complexity index is 562. The van der Waals surface area contributed by atoms with Gasteiger partial charge in [0.15, 0.2) is 0 Å². The van der Waals surface area contributed by atoms with Crippen LogP contribution in [0.25, 0.3) is 0 Å². The van der Waals surface area contributed by atoms with Crippen LogP contribution >= 0.6 is 27.3 Å². The van der Waals surface area contributed by atoms with Crippen LogP contribution in [0.15, 0.2) is 15.9 Å². The highest BCUT2D eigenvalue weighted by atomic mass is 79.9. The predicted octanol–water partition coefficient (Wildman–Crippen LogP) is 3.89. The Morgan fingerprint density at radius 3 is 2.52 bits per heavy atom. The van der Waals surface area contributed by atoms with Crippen LogP contribution in [-0.4, -0.2) is 42.1 Å². The number of thiophene rings is 1. The molecule has 1 saturated heterocycles. The summed E-state index contributed by atoms with van der Waals surface area (Å²) in [4.78, 5) is 27.1. The van der Waals surface area contributed by atoms with E-state index < -0.39 is 11.7 Å². The van der Waals surface area contributed by atoms with Crippen molar-refractivity contribution in [2.45, 2.75) is 39.2 Å². The van der Waals surface area contributed by atoms with Gasteiger partial charge in [0, 0.05) is 6.54 Å². The number of piperidine rings is 1. The molecule has 0 aliphatic carbocycles. The van der Waals surface area contributed by atoms with Gasteiger partial charge in [-0.3, -0.25) is 4.79 Å². The van der Waals surface area contributed by atoms with Crippen molar-refractivity contribution in [1.29, 1.82) is 0 Å². The van der Waals surface area contributed by atoms with Crippen LogP contribution in [0.5, 0.6) is 0 Å². The van der Waals surface area contributed by atoms with Crippen molar-refractivity contribution in [3.8, 4) is 0 Å². The zero-order valence-corrected chi connectivity index (χ0v) is 16.1. The van der Waals surface area contributed by atoms with E-state index in [1.807, 2.05) is 6.07 Å². The lowest BCUT2D eigenvalue weighted by molar-refractivity contribution is 0.0208. The first-order chi connectivity index (χ1) is 10.8. The summed E-state index contributed by atoms with van der Waals surface area (Å²) in [6.45, 7) is 7.67. The van der Waals surface area contributed by atoms with Gasteiger partial charge in [-0.25, -0.2) is 9.69 Å². The topological polar surface area (TPSA) is 58.6 Å². The van der Waals surface area contributed by atoms with Gasteiger partial charge in [0.05, 0.1) is 8.66 Å². The first kappa shape index (κ1) is 18.4. The zero-order chi connectivity index (χ0) is 17.0. The number of rotatable bonds is 3. The molecule has 2 amide bonds. The molecule has 2 rings (SSSR count). The Balaban J connectivity index is 2.15. The lowest BCUT2D eigenvalue weighted by atomic mass is 9.97. The maximum atomic E-state index is 12.8. The van der Waals surface area contributed by atoms with Crippen LogP contribution in [0.4, 0.5) is 4.79 Å². The van der Waals surface area contributed by atoms with Crippen molar-refractivity contribution in [3.05, 3.63) is 20.8 Å². The molecule has 0 atom stereocenters. The summed E-state index contributed by atoms with van der Waals surface area (Å²) in [5.41, 5.74) is -0.625. The summed E-state index contributed by atoms with van der Waals surface area (Å²) in [5, 5.41) is 3.30. The second-order valence-corrected chi connectivity index (χ2v) is 9.16. The fourth-order valence-corrected chi connectivity index (χ4v) is 3.78. The molecule has 23 heavy (non-hydrogen) atoms. The number of carbonyl (C=O) groups is 2. The van der Waals surface area contributed by atoms with E-state index in [1.54, 1.807) is 26.8 Å². The average molecular weight is 403 g/mol. The predicted molar refractivity (Wildman–Crippen MR) is 94.9 cm³/mol. The van der Waals surface area contributed by atoms with Gasteiger partial charge in [-0.1, -0.05) is 0 Å². The van der Waals surface area contributed by atoms with Gasteiger partial charge < -0.3 is 10.1 Å². The van der Waals surface area contributed by atoms with Gasteiger partial charge in [-0.2, -0.15) is 0 Å². The van der Waals surface area contributed by atoms with Crippen molar-refractivity contribution in [2.75, 3.05) is 19.6 Å². The number of halogens is 1. The minimum Gasteiger partial charge on any atom is -0.443 e. The third-order valence-corrected chi connectivity index (χ3v) is 5.15. The highest BCUT2D eigenvalue weighted by molar-refractivity contribution is 9.11. The summed E-state index contributed by atoms with van der Waals surface area (Å²) in [6.07, 6.45) is 1.35. The van der Waals surface area contributed by atoms with Crippen molar-refractivity contribution in [1.82, 2.24) is 10.2 Å². The minimum absolute atomic E-state index is 0.284. The van der Waals surface area contributed by atoms with E-state index in [0.29, 0.717) is 17.3 Å². The fraction of sp³-hybridized carbons (Fsp3) is 0.625. The summed E-state index contributed by atoms with van der Waals surface area (Å²) >= 11 is 4.68. The van der Waals surface area contributed by atoms with E-state index >= 15 is 0 Å². The normalized spacial score (nSPS) is 16.2. The van der Waals surface area contributed by atoms with Gasteiger partial charge in [0.1, 0.15) is 5.60 Å². The lowest BCUT2D eigenvalue weighted by Gasteiger charge is -2.30. The molecule has 128 valence electrons. The monoisotopic (exact) mass is 402 g/mol. The third kappa shape index (κ3) is 5.58. The highest BCUT2D eigenvalue weighted by Gasteiger charge is 2.31. The number of nitrogens with zero attached hydrogens (tertiary/aromatic N) is 1.